The van der Waals surface area contributed by atoms with Gasteiger partial charge in [0, 0.05) is 10.6 Å². The van der Waals surface area contributed by atoms with E-state index in [1.165, 1.54) is 16.7 Å². The lowest BCUT2D eigenvalue weighted by atomic mass is 9.85. The van der Waals surface area contributed by atoms with Crippen molar-refractivity contribution in [3.05, 3.63) is 102 Å². The predicted octanol–water partition coefficient (Wildman–Crippen LogP) is 6.49. The van der Waals surface area contributed by atoms with Crippen molar-refractivity contribution < 1.29 is 14.4 Å². The summed E-state index contributed by atoms with van der Waals surface area (Å²) >= 11 is 1.45. The number of hydrogen-bond donors (Lipinski definition) is 1. The highest BCUT2D eigenvalue weighted by atomic mass is 32.2. The van der Waals surface area contributed by atoms with Crippen LogP contribution in [0.2, 0.25) is 0 Å². The highest BCUT2D eigenvalue weighted by Crippen LogP contribution is 2.40. The predicted molar refractivity (Wildman–Crippen MR) is 149 cm³/mol. The Balaban J connectivity index is 1.38. The van der Waals surface area contributed by atoms with Crippen molar-refractivity contribution in [1.82, 2.24) is 0 Å². The second kappa shape index (κ2) is 10.8. The van der Waals surface area contributed by atoms with Crippen LogP contribution in [0.3, 0.4) is 0 Å². The number of amides is 3. The Labute approximate surface area is 222 Å². The molecule has 0 radical (unpaired) electrons. The van der Waals surface area contributed by atoms with E-state index in [0.29, 0.717) is 18.5 Å². The van der Waals surface area contributed by atoms with Crippen LogP contribution < -0.4 is 10.2 Å². The third-order valence-corrected chi connectivity index (χ3v) is 8.45. The number of nitrogens with zero attached hydrogens (tertiary/aromatic N) is 1. The van der Waals surface area contributed by atoms with Gasteiger partial charge in [0.25, 0.3) is 0 Å². The lowest BCUT2D eigenvalue weighted by Gasteiger charge is -2.20. The van der Waals surface area contributed by atoms with Crippen LogP contribution in [0, 0.1) is 18.8 Å². The first-order valence-corrected chi connectivity index (χ1v) is 13.6. The minimum absolute atomic E-state index is 0.0919. The van der Waals surface area contributed by atoms with Gasteiger partial charge in [0.15, 0.2) is 0 Å². The molecule has 0 unspecified atom stereocenters. The molecule has 188 valence electrons. The molecule has 1 saturated heterocycles. The van der Waals surface area contributed by atoms with Crippen LogP contribution in [-0.2, 0) is 20.8 Å². The van der Waals surface area contributed by atoms with Crippen molar-refractivity contribution >= 4 is 40.9 Å². The minimum atomic E-state index is -0.472. The molecule has 2 aliphatic rings. The third-order valence-electron chi connectivity index (χ3n) is 7.19. The van der Waals surface area contributed by atoms with Crippen LogP contribution in [0.5, 0.6) is 0 Å². The molecular weight excluding hydrogens is 480 g/mol. The lowest BCUT2D eigenvalue weighted by molar-refractivity contribution is -0.122. The smallest absolute Gasteiger partial charge is 0.242 e. The van der Waals surface area contributed by atoms with E-state index in [1.807, 2.05) is 79.7 Å². The number of rotatable bonds is 7. The molecule has 5 rings (SSSR count). The van der Waals surface area contributed by atoms with Gasteiger partial charge in [0.05, 0.1) is 17.5 Å². The van der Waals surface area contributed by atoms with Crippen LogP contribution in [0.25, 0.3) is 0 Å². The standard InChI is InChI=1S/C31H30N2O3S/c1-3-21-13-9-10-20(2)27(21)32-29(34)28(22-11-5-4-6-12-22)37-24-18-16-23(17-19-24)33-30(35)25-14-7-8-15-26(25)31(33)36/h4-13,16-19,25-26,28H,3,14-15H2,1-2H3,(H,32,34)/t25-,26-,28-/m0/s1. The Kier molecular flexibility index (Phi) is 7.28. The van der Waals surface area contributed by atoms with E-state index in [-0.39, 0.29) is 29.6 Å². The molecule has 1 fully saturated rings. The number of anilines is 2. The number of para-hydroxylation sites is 1. The summed E-state index contributed by atoms with van der Waals surface area (Å²) in [6.45, 7) is 4.09. The molecule has 1 N–H and O–H groups in total. The minimum Gasteiger partial charge on any atom is -0.324 e. The molecule has 1 aliphatic carbocycles. The summed E-state index contributed by atoms with van der Waals surface area (Å²) < 4.78 is 0. The van der Waals surface area contributed by atoms with Gasteiger partial charge in [0.1, 0.15) is 5.25 Å². The number of thioether (sulfide) groups is 1. The van der Waals surface area contributed by atoms with Gasteiger partial charge in [-0.1, -0.05) is 67.6 Å². The Morgan fingerprint density at radius 3 is 2.19 bits per heavy atom. The number of fused-ring (bicyclic) bond motifs is 1. The summed E-state index contributed by atoms with van der Waals surface area (Å²) in [5.74, 6) is -0.845. The molecule has 6 heteroatoms. The van der Waals surface area contributed by atoms with Gasteiger partial charge in [-0.05, 0) is 67.1 Å². The summed E-state index contributed by atoms with van der Waals surface area (Å²) in [7, 11) is 0. The maximum atomic E-state index is 13.6. The van der Waals surface area contributed by atoms with Crippen molar-refractivity contribution in [2.75, 3.05) is 10.2 Å². The zero-order valence-electron chi connectivity index (χ0n) is 21.0. The van der Waals surface area contributed by atoms with Crippen LogP contribution in [0.1, 0.15) is 41.7 Å². The van der Waals surface area contributed by atoms with Gasteiger partial charge in [-0.15, -0.1) is 11.8 Å². The molecule has 3 aromatic carbocycles. The van der Waals surface area contributed by atoms with Crippen LogP contribution >= 0.6 is 11.8 Å². The average molecular weight is 511 g/mol. The Morgan fingerprint density at radius 1 is 0.919 bits per heavy atom. The monoisotopic (exact) mass is 510 g/mol. The van der Waals surface area contributed by atoms with Gasteiger partial charge in [-0.25, -0.2) is 0 Å². The van der Waals surface area contributed by atoms with E-state index in [1.54, 1.807) is 12.1 Å². The van der Waals surface area contributed by atoms with Crippen LogP contribution in [0.15, 0.2) is 89.8 Å². The van der Waals surface area contributed by atoms with Crippen molar-refractivity contribution in [3.63, 3.8) is 0 Å². The second-order valence-corrected chi connectivity index (χ2v) is 10.7. The van der Waals surface area contributed by atoms with Crippen molar-refractivity contribution in [3.8, 4) is 0 Å². The van der Waals surface area contributed by atoms with Crippen LogP contribution in [-0.4, -0.2) is 17.7 Å². The average Bonchev–Trinajstić information content (AvgIpc) is 3.19. The molecule has 0 saturated carbocycles. The Morgan fingerprint density at radius 2 is 1.57 bits per heavy atom. The normalized spacial score (nSPS) is 19.6. The van der Waals surface area contributed by atoms with E-state index in [4.69, 9.17) is 0 Å². The van der Waals surface area contributed by atoms with E-state index >= 15 is 0 Å². The fourth-order valence-electron chi connectivity index (χ4n) is 5.16. The number of imide groups is 1. The van der Waals surface area contributed by atoms with Gasteiger partial charge in [-0.3, -0.25) is 19.3 Å². The highest BCUT2D eigenvalue weighted by Gasteiger charge is 2.47. The SMILES string of the molecule is CCc1cccc(C)c1NC(=O)[C@@H](Sc1ccc(N2C(=O)[C@H]3CC=CC[C@@H]3C2=O)cc1)c1ccccc1. The van der Waals surface area contributed by atoms with Crippen molar-refractivity contribution in [2.45, 2.75) is 43.3 Å². The van der Waals surface area contributed by atoms with Crippen molar-refractivity contribution in [1.29, 1.82) is 0 Å². The number of hydrogen-bond acceptors (Lipinski definition) is 4. The first kappa shape index (κ1) is 25.0. The third kappa shape index (κ3) is 4.98. The first-order chi connectivity index (χ1) is 18.0. The molecule has 3 atom stereocenters. The van der Waals surface area contributed by atoms with Gasteiger partial charge in [-0.2, -0.15) is 0 Å². The highest BCUT2D eigenvalue weighted by molar-refractivity contribution is 8.00. The molecule has 1 aliphatic heterocycles. The lowest BCUT2D eigenvalue weighted by Crippen LogP contribution is -2.30. The molecular formula is C31H30N2O3S. The summed E-state index contributed by atoms with van der Waals surface area (Å²) in [5, 5.41) is 2.71. The fourth-order valence-corrected chi connectivity index (χ4v) is 6.18. The molecule has 3 aromatic rings. The van der Waals surface area contributed by atoms with Gasteiger partial charge < -0.3 is 5.32 Å². The molecule has 3 amide bonds. The molecule has 0 spiro atoms. The topological polar surface area (TPSA) is 66.5 Å². The number of nitrogens with one attached hydrogen (secondary N) is 1. The maximum absolute atomic E-state index is 13.6. The maximum Gasteiger partial charge on any atom is 0.242 e. The summed E-state index contributed by atoms with van der Waals surface area (Å²) in [4.78, 5) is 41.7. The van der Waals surface area contributed by atoms with Crippen molar-refractivity contribution in [2.24, 2.45) is 11.8 Å². The van der Waals surface area contributed by atoms with Crippen LogP contribution in [0.4, 0.5) is 11.4 Å². The van der Waals surface area contributed by atoms with E-state index in [9.17, 15) is 14.4 Å². The van der Waals surface area contributed by atoms with E-state index in [2.05, 4.69) is 12.2 Å². The quantitative estimate of drug-likeness (QED) is 0.224. The number of carbonyl (C=O) groups is 3. The molecule has 5 nitrogen and oxygen atoms in total. The number of carbonyl (C=O) groups excluding carboxylic acids is 3. The second-order valence-electron chi connectivity index (χ2n) is 9.52. The Bertz CT molecular complexity index is 1320. The number of benzene rings is 3. The fraction of sp³-hybridized carbons (Fsp3) is 0.258. The summed E-state index contributed by atoms with van der Waals surface area (Å²) in [5.41, 5.74) is 4.49. The van der Waals surface area contributed by atoms with E-state index in [0.717, 1.165) is 33.7 Å². The summed E-state index contributed by atoms with van der Waals surface area (Å²) in [6, 6.07) is 23.2. The Hall–Kier alpha value is -3.64. The van der Waals surface area contributed by atoms with Gasteiger partial charge in [0.2, 0.25) is 17.7 Å². The number of allylic oxidation sites excluding steroid dienone is 2. The largest absolute Gasteiger partial charge is 0.324 e. The number of aryl methyl sites for hydroxylation is 2. The first-order valence-electron chi connectivity index (χ1n) is 12.7. The zero-order valence-corrected chi connectivity index (χ0v) is 21.8. The molecule has 1 heterocycles. The molecule has 0 bridgehead atoms. The zero-order chi connectivity index (χ0) is 25.9. The van der Waals surface area contributed by atoms with Gasteiger partial charge >= 0.3 is 0 Å². The molecule has 0 aromatic heterocycles. The van der Waals surface area contributed by atoms with E-state index < -0.39 is 5.25 Å². The summed E-state index contributed by atoms with van der Waals surface area (Å²) in [6.07, 6.45) is 6.05. The molecule has 37 heavy (non-hydrogen) atoms.